The van der Waals surface area contributed by atoms with Crippen LogP contribution in [-0.4, -0.2) is 28.5 Å². The second-order valence-electron chi connectivity index (χ2n) is 5.31. The van der Waals surface area contributed by atoms with Crippen molar-refractivity contribution in [2.45, 2.75) is 26.7 Å². The van der Waals surface area contributed by atoms with Crippen LogP contribution < -0.4 is 5.32 Å². The van der Waals surface area contributed by atoms with E-state index < -0.39 is 11.9 Å². The third-order valence-corrected chi connectivity index (χ3v) is 4.45. The first-order valence-electron chi connectivity index (χ1n) is 7.56. The largest absolute Gasteiger partial charge is 0.481 e. The van der Waals surface area contributed by atoms with Gasteiger partial charge in [-0.05, 0) is 13.3 Å². The van der Waals surface area contributed by atoms with Gasteiger partial charge in [0.05, 0.1) is 16.6 Å². The molecule has 1 aromatic heterocycles. The highest BCUT2D eigenvalue weighted by atomic mass is 32.1. The molecule has 122 valence electrons. The number of carbonyl (C=O) groups excluding carboxylic acids is 1. The first-order valence-corrected chi connectivity index (χ1v) is 8.38. The van der Waals surface area contributed by atoms with E-state index in [0.29, 0.717) is 17.0 Å². The molecule has 0 aliphatic heterocycles. The molecule has 2 aromatic rings. The molecule has 0 aliphatic rings. The number of aromatic nitrogens is 1. The zero-order valence-electron chi connectivity index (χ0n) is 13.2. The third-order valence-electron chi connectivity index (χ3n) is 3.48. The van der Waals surface area contributed by atoms with E-state index in [1.54, 1.807) is 0 Å². The quantitative estimate of drug-likeness (QED) is 0.815. The number of thiazole rings is 1. The molecule has 2 rings (SSSR count). The molecule has 5 nitrogen and oxygen atoms in total. The van der Waals surface area contributed by atoms with E-state index >= 15 is 0 Å². The number of nitrogens with one attached hydrogen (secondary N) is 1. The van der Waals surface area contributed by atoms with Gasteiger partial charge in [-0.15, -0.1) is 11.3 Å². The number of carboxylic acids is 1. The van der Waals surface area contributed by atoms with Gasteiger partial charge in [0.2, 0.25) is 0 Å². The van der Waals surface area contributed by atoms with Gasteiger partial charge in [-0.2, -0.15) is 0 Å². The molecule has 1 aromatic carbocycles. The summed E-state index contributed by atoms with van der Waals surface area (Å²) >= 11 is 1.32. The van der Waals surface area contributed by atoms with Crippen molar-refractivity contribution in [3.8, 4) is 11.3 Å². The summed E-state index contributed by atoms with van der Waals surface area (Å²) in [6.45, 7) is 3.91. The molecular formula is C17H20N2O3S. The molecule has 0 saturated carbocycles. The summed E-state index contributed by atoms with van der Waals surface area (Å²) in [6.07, 6.45) is 1.31. The molecule has 0 radical (unpaired) electrons. The average Bonchev–Trinajstić information content (AvgIpc) is 2.93. The minimum absolute atomic E-state index is 0.132. The molecule has 2 N–H and O–H groups in total. The number of carboxylic acid groups (broad SMARTS) is 1. The fourth-order valence-corrected chi connectivity index (χ4v) is 3.19. The van der Waals surface area contributed by atoms with Gasteiger partial charge in [0.15, 0.2) is 0 Å². The second-order valence-corrected chi connectivity index (χ2v) is 6.51. The molecule has 1 unspecified atom stereocenters. The van der Waals surface area contributed by atoms with E-state index in [9.17, 15) is 9.59 Å². The molecule has 0 spiro atoms. The van der Waals surface area contributed by atoms with Gasteiger partial charge in [-0.1, -0.05) is 43.7 Å². The summed E-state index contributed by atoms with van der Waals surface area (Å²) in [4.78, 5) is 28.6. The van der Waals surface area contributed by atoms with Crippen LogP contribution in [0.5, 0.6) is 0 Å². The average molecular weight is 332 g/mol. The molecule has 0 saturated heterocycles. The van der Waals surface area contributed by atoms with Crippen molar-refractivity contribution in [3.63, 3.8) is 0 Å². The van der Waals surface area contributed by atoms with Crippen LogP contribution >= 0.6 is 11.3 Å². The molecule has 1 atom stereocenters. The Morgan fingerprint density at radius 3 is 2.61 bits per heavy atom. The Kier molecular flexibility index (Phi) is 5.87. The zero-order chi connectivity index (χ0) is 16.8. The first kappa shape index (κ1) is 17.1. The summed E-state index contributed by atoms with van der Waals surface area (Å²) in [7, 11) is 0. The number of carbonyl (C=O) groups is 2. The summed E-state index contributed by atoms with van der Waals surface area (Å²) < 4.78 is 0. The fraction of sp³-hybridized carbons (Fsp3) is 0.353. The number of rotatable bonds is 7. The maximum atomic E-state index is 12.4. The van der Waals surface area contributed by atoms with Crippen LogP contribution in [0.4, 0.5) is 0 Å². The topological polar surface area (TPSA) is 79.3 Å². The number of hydrogen-bond acceptors (Lipinski definition) is 4. The molecule has 23 heavy (non-hydrogen) atoms. The van der Waals surface area contributed by atoms with E-state index in [1.807, 2.05) is 44.2 Å². The molecule has 0 bridgehead atoms. The van der Waals surface area contributed by atoms with Gasteiger partial charge in [-0.25, -0.2) is 4.98 Å². The van der Waals surface area contributed by atoms with Gasteiger partial charge < -0.3 is 10.4 Å². The van der Waals surface area contributed by atoms with Crippen LogP contribution in [0.2, 0.25) is 0 Å². The smallest absolute Gasteiger partial charge is 0.308 e. The normalized spacial score (nSPS) is 11.9. The van der Waals surface area contributed by atoms with E-state index in [4.69, 9.17) is 5.11 Å². The maximum absolute atomic E-state index is 12.4. The standard InChI is InChI=1S/C17H20N2O3S/c1-3-7-13(17(21)22)10-18-16(20)15-14(19-11(2)23-15)12-8-5-4-6-9-12/h4-6,8-9,13H,3,7,10H2,1-2H3,(H,18,20)(H,21,22). The Labute approximate surface area is 139 Å². The van der Waals surface area contributed by atoms with Crippen molar-refractivity contribution in [1.82, 2.24) is 10.3 Å². The van der Waals surface area contributed by atoms with Gasteiger partial charge >= 0.3 is 5.97 Å². The van der Waals surface area contributed by atoms with Crippen LogP contribution in [-0.2, 0) is 4.79 Å². The van der Waals surface area contributed by atoms with Gasteiger partial charge in [0, 0.05) is 12.1 Å². The SMILES string of the molecule is CCCC(CNC(=O)c1sc(C)nc1-c1ccccc1)C(=O)O. The van der Waals surface area contributed by atoms with Gasteiger partial charge in [0.1, 0.15) is 4.88 Å². The highest BCUT2D eigenvalue weighted by Crippen LogP contribution is 2.27. The Hall–Kier alpha value is -2.21. The Morgan fingerprint density at radius 2 is 2.00 bits per heavy atom. The highest BCUT2D eigenvalue weighted by Gasteiger charge is 2.21. The van der Waals surface area contributed by atoms with Gasteiger partial charge in [-0.3, -0.25) is 9.59 Å². The Balaban J connectivity index is 2.15. The number of aryl methyl sites for hydroxylation is 1. The molecule has 0 aliphatic carbocycles. The number of amides is 1. The molecule has 1 amide bonds. The molecule has 6 heteroatoms. The van der Waals surface area contributed by atoms with Crippen molar-refractivity contribution in [3.05, 3.63) is 40.2 Å². The zero-order valence-corrected chi connectivity index (χ0v) is 14.0. The van der Waals surface area contributed by atoms with E-state index in [2.05, 4.69) is 10.3 Å². The minimum atomic E-state index is -0.879. The summed E-state index contributed by atoms with van der Waals surface area (Å²) in [5.74, 6) is -1.70. The molecule has 0 fully saturated rings. The summed E-state index contributed by atoms with van der Waals surface area (Å²) in [5, 5.41) is 12.7. The van der Waals surface area contributed by atoms with Crippen LogP contribution in [0.3, 0.4) is 0 Å². The fourth-order valence-electron chi connectivity index (χ4n) is 2.33. The van der Waals surface area contributed by atoms with E-state index in [1.165, 1.54) is 11.3 Å². The maximum Gasteiger partial charge on any atom is 0.308 e. The monoisotopic (exact) mass is 332 g/mol. The number of aliphatic carboxylic acids is 1. The lowest BCUT2D eigenvalue weighted by Gasteiger charge is -2.12. The Morgan fingerprint density at radius 1 is 1.30 bits per heavy atom. The summed E-state index contributed by atoms with van der Waals surface area (Å²) in [6, 6.07) is 9.51. The first-order chi connectivity index (χ1) is 11.0. The molecule has 1 heterocycles. The van der Waals surface area contributed by atoms with Crippen LogP contribution in [0.25, 0.3) is 11.3 Å². The predicted octanol–water partition coefficient (Wildman–Crippen LogP) is 3.35. The highest BCUT2D eigenvalue weighted by molar-refractivity contribution is 7.14. The lowest BCUT2D eigenvalue weighted by atomic mass is 10.0. The van der Waals surface area contributed by atoms with Crippen molar-refractivity contribution in [2.24, 2.45) is 5.92 Å². The van der Waals surface area contributed by atoms with E-state index in [-0.39, 0.29) is 12.5 Å². The molecular weight excluding hydrogens is 312 g/mol. The lowest BCUT2D eigenvalue weighted by molar-refractivity contribution is -0.141. The minimum Gasteiger partial charge on any atom is -0.481 e. The third kappa shape index (κ3) is 4.39. The van der Waals surface area contributed by atoms with E-state index in [0.717, 1.165) is 17.0 Å². The number of benzene rings is 1. The van der Waals surface area contributed by atoms with Crippen molar-refractivity contribution in [1.29, 1.82) is 0 Å². The van der Waals surface area contributed by atoms with Crippen LogP contribution in [0, 0.1) is 12.8 Å². The Bertz CT molecular complexity index is 682. The number of nitrogens with zero attached hydrogens (tertiary/aromatic N) is 1. The van der Waals surface area contributed by atoms with Crippen molar-refractivity contribution >= 4 is 23.2 Å². The number of hydrogen-bond donors (Lipinski definition) is 2. The van der Waals surface area contributed by atoms with Crippen molar-refractivity contribution < 1.29 is 14.7 Å². The predicted molar refractivity (Wildman–Crippen MR) is 90.7 cm³/mol. The lowest BCUT2D eigenvalue weighted by Crippen LogP contribution is -2.32. The van der Waals surface area contributed by atoms with Crippen LogP contribution in [0.1, 0.15) is 34.4 Å². The van der Waals surface area contributed by atoms with Crippen molar-refractivity contribution in [2.75, 3.05) is 6.54 Å². The van der Waals surface area contributed by atoms with Gasteiger partial charge in [0.25, 0.3) is 5.91 Å². The summed E-state index contributed by atoms with van der Waals surface area (Å²) in [5.41, 5.74) is 1.53. The van der Waals surface area contributed by atoms with Crippen LogP contribution in [0.15, 0.2) is 30.3 Å². The second kappa shape index (κ2) is 7.87.